The molecule has 1 aromatic rings. The van der Waals surface area contributed by atoms with Crippen molar-refractivity contribution in [3.05, 3.63) is 23.8 Å². The first-order valence-electron chi connectivity index (χ1n) is 5.52. The van der Waals surface area contributed by atoms with Gasteiger partial charge in [0.1, 0.15) is 11.5 Å². The standard InChI is InChI=1S/C12H14BrNO3/c13-9-2-1-3-14(7-9)12(17)8-4-10(15)6-11(16)5-8/h4-6,9,15-16H,1-3,7H2. The van der Waals surface area contributed by atoms with Crippen molar-refractivity contribution >= 4 is 21.8 Å². The second-order valence-electron chi connectivity index (χ2n) is 4.23. The number of aromatic hydroxyl groups is 2. The molecule has 1 unspecified atom stereocenters. The Balaban J connectivity index is 2.18. The Hall–Kier alpha value is -1.23. The molecule has 0 spiro atoms. The van der Waals surface area contributed by atoms with E-state index in [9.17, 15) is 15.0 Å². The lowest BCUT2D eigenvalue weighted by molar-refractivity contribution is 0.0729. The zero-order chi connectivity index (χ0) is 12.4. The SMILES string of the molecule is O=C(c1cc(O)cc(O)c1)N1CCCC(Br)C1. The lowest BCUT2D eigenvalue weighted by atomic mass is 10.1. The topological polar surface area (TPSA) is 60.8 Å². The summed E-state index contributed by atoms with van der Waals surface area (Å²) in [5.41, 5.74) is 0.323. The lowest BCUT2D eigenvalue weighted by Crippen LogP contribution is -2.40. The van der Waals surface area contributed by atoms with E-state index in [-0.39, 0.29) is 17.4 Å². The molecule has 0 bridgehead atoms. The summed E-state index contributed by atoms with van der Waals surface area (Å²) in [7, 11) is 0. The van der Waals surface area contributed by atoms with E-state index in [0.717, 1.165) is 19.4 Å². The van der Waals surface area contributed by atoms with Gasteiger partial charge in [-0.05, 0) is 25.0 Å². The van der Waals surface area contributed by atoms with E-state index in [1.807, 2.05) is 0 Å². The summed E-state index contributed by atoms with van der Waals surface area (Å²) in [6.07, 6.45) is 2.03. The highest BCUT2D eigenvalue weighted by Gasteiger charge is 2.23. The summed E-state index contributed by atoms with van der Waals surface area (Å²) < 4.78 is 0. The summed E-state index contributed by atoms with van der Waals surface area (Å²) >= 11 is 3.51. The number of halogens is 1. The largest absolute Gasteiger partial charge is 0.508 e. The number of carbonyl (C=O) groups is 1. The molecular weight excluding hydrogens is 286 g/mol. The van der Waals surface area contributed by atoms with Gasteiger partial charge in [0.2, 0.25) is 0 Å². The molecule has 1 fully saturated rings. The molecule has 0 radical (unpaired) electrons. The maximum Gasteiger partial charge on any atom is 0.254 e. The average Bonchev–Trinajstić information content (AvgIpc) is 2.26. The van der Waals surface area contributed by atoms with Crippen molar-refractivity contribution in [2.24, 2.45) is 0 Å². The van der Waals surface area contributed by atoms with Gasteiger partial charge in [0, 0.05) is 29.5 Å². The molecule has 0 aromatic heterocycles. The first kappa shape index (κ1) is 12.2. The van der Waals surface area contributed by atoms with Crippen LogP contribution in [0.25, 0.3) is 0 Å². The number of benzene rings is 1. The zero-order valence-corrected chi connectivity index (χ0v) is 10.9. The summed E-state index contributed by atoms with van der Waals surface area (Å²) in [4.78, 5) is 14.2. The molecule has 2 N–H and O–H groups in total. The minimum absolute atomic E-state index is 0.0965. The van der Waals surface area contributed by atoms with E-state index in [1.165, 1.54) is 18.2 Å². The van der Waals surface area contributed by atoms with Gasteiger partial charge < -0.3 is 15.1 Å². The van der Waals surface area contributed by atoms with Crippen LogP contribution in [0.5, 0.6) is 11.5 Å². The van der Waals surface area contributed by atoms with Crippen molar-refractivity contribution in [2.75, 3.05) is 13.1 Å². The van der Waals surface area contributed by atoms with Crippen LogP contribution in [0.2, 0.25) is 0 Å². The van der Waals surface area contributed by atoms with Gasteiger partial charge in [0.05, 0.1) is 0 Å². The fraction of sp³-hybridized carbons (Fsp3) is 0.417. The molecule has 1 saturated heterocycles. The molecule has 4 nitrogen and oxygen atoms in total. The highest BCUT2D eigenvalue weighted by molar-refractivity contribution is 9.09. The molecule has 1 heterocycles. The van der Waals surface area contributed by atoms with Crippen molar-refractivity contribution in [1.82, 2.24) is 4.90 Å². The minimum atomic E-state index is -0.152. The average molecular weight is 300 g/mol. The molecule has 5 heteroatoms. The third-order valence-electron chi connectivity index (χ3n) is 2.80. The number of hydrogen-bond acceptors (Lipinski definition) is 3. The number of hydrogen-bond donors (Lipinski definition) is 2. The zero-order valence-electron chi connectivity index (χ0n) is 9.27. The second kappa shape index (κ2) is 4.96. The van der Waals surface area contributed by atoms with Crippen LogP contribution in [0.15, 0.2) is 18.2 Å². The van der Waals surface area contributed by atoms with E-state index in [4.69, 9.17) is 0 Å². The Morgan fingerprint density at radius 1 is 1.29 bits per heavy atom. The van der Waals surface area contributed by atoms with Gasteiger partial charge in [-0.1, -0.05) is 15.9 Å². The highest BCUT2D eigenvalue weighted by Crippen LogP contribution is 2.24. The van der Waals surface area contributed by atoms with Crippen LogP contribution in [-0.2, 0) is 0 Å². The van der Waals surface area contributed by atoms with Crippen molar-refractivity contribution < 1.29 is 15.0 Å². The van der Waals surface area contributed by atoms with E-state index in [0.29, 0.717) is 16.9 Å². The first-order valence-corrected chi connectivity index (χ1v) is 6.44. The van der Waals surface area contributed by atoms with Crippen LogP contribution in [0, 0.1) is 0 Å². The van der Waals surface area contributed by atoms with Crippen molar-refractivity contribution in [1.29, 1.82) is 0 Å². The van der Waals surface area contributed by atoms with Crippen molar-refractivity contribution in [3.63, 3.8) is 0 Å². The molecule has 0 aliphatic carbocycles. The Morgan fingerprint density at radius 2 is 1.94 bits per heavy atom. The van der Waals surface area contributed by atoms with Gasteiger partial charge in [0.25, 0.3) is 5.91 Å². The number of likely N-dealkylation sites (tertiary alicyclic amines) is 1. The summed E-state index contributed by atoms with van der Waals surface area (Å²) in [5.74, 6) is -0.346. The molecule has 17 heavy (non-hydrogen) atoms. The Morgan fingerprint density at radius 3 is 2.53 bits per heavy atom. The Bertz CT molecular complexity index is 416. The lowest BCUT2D eigenvalue weighted by Gasteiger charge is -2.30. The number of amides is 1. The predicted molar refractivity (Wildman–Crippen MR) is 67.6 cm³/mol. The van der Waals surface area contributed by atoms with Gasteiger partial charge in [-0.25, -0.2) is 0 Å². The van der Waals surface area contributed by atoms with Crippen LogP contribution < -0.4 is 0 Å². The normalized spacial score (nSPS) is 20.3. The van der Waals surface area contributed by atoms with Crippen molar-refractivity contribution in [3.8, 4) is 11.5 Å². The number of nitrogens with zero attached hydrogens (tertiary/aromatic N) is 1. The van der Waals surface area contributed by atoms with Crippen LogP contribution >= 0.6 is 15.9 Å². The fourth-order valence-corrected chi connectivity index (χ4v) is 2.68. The predicted octanol–water partition coefficient (Wildman–Crippen LogP) is 2.10. The molecule has 1 aliphatic heterocycles. The monoisotopic (exact) mass is 299 g/mol. The first-order chi connectivity index (χ1) is 8.06. The van der Waals surface area contributed by atoms with E-state index >= 15 is 0 Å². The third kappa shape index (κ3) is 2.91. The van der Waals surface area contributed by atoms with E-state index in [1.54, 1.807) is 4.90 Å². The quantitative estimate of drug-likeness (QED) is 0.781. The fourth-order valence-electron chi connectivity index (χ4n) is 2.01. The number of phenols is 2. The molecular formula is C12H14BrNO3. The van der Waals surface area contributed by atoms with Crippen LogP contribution in [-0.4, -0.2) is 38.9 Å². The minimum Gasteiger partial charge on any atom is -0.508 e. The van der Waals surface area contributed by atoms with Crippen LogP contribution in [0.4, 0.5) is 0 Å². The van der Waals surface area contributed by atoms with E-state index < -0.39 is 0 Å². The van der Waals surface area contributed by atoms with Gasteiger partial charge in [0.15, 0.2) is 0 Å². The number of phenolic OH excluding ortho intramolecular Hbond substituents is 2. The van der Waals surface area contributed by atoms with Gasteiger partial charge in [-0.3, -0.25) is 4.79 Å². The van der Waals surface area contributed by atoms with Crippen LogP contribution in [0.1, 0.15) is 23.2 Å². The second-order valence-corrected chi connectivity index (χ2v) is 5.52. The number of carbonyl (C=O) groups excluding carboxylic acids is 1. The molecule has 0 saturated carbocycles. The molecule has 1 atom stereocenters. The third-order valence-corrected chi connectivity index (χ3v) is 3.55. The number of alkyl halides is 1. The smallest absolute Gasteiger partial charge is 0.254 e. The summed E-state index contributed by atoms with van der Waals surface area (Å²) in [6, 6.07) is 3.96. The molecule has 92 valence electrons. The number of rotatable bonds is 1. The Kier molecular flexibility index (Phi) is 3.57. The van der Waals surface area contributed by atoms with Crippen LogP contribution in [0.3, 0.4) is 0 Å². The molecule has 1 aromatic carbocycles. The number of piperidine rings is 1. The molecule has 1 aliphatic rings. The molecule has 1 amide bonds. The van der Waals surface area contributed by atoms with Gasteiger partial charge in [-0.2, -0.15) is 0 Å². The summed E-state index contributed by atoms with van der Waals surface area (Å²) in [5, 5.41) is 18.7. The van der Waals surface area contributed by atoms with Crippen molar-refractivity contribution in [2.45, 2.75) is 17.7 Å². The molecule has 2 rings (SSSR count). The maximum atomic E-state index is 12.1. The van der Waals surface area contributed by atoms with Gasteiger partial charge in [-0.15, -0.1) is 0 Å². The highest BCUT2D eigenvalue weighted by atomic mass is 79.9. The van der Waals surface area contributed by atoms with E-state index in [2.05, 4.69) is 15.9 Å². The maximum absolute atomic E-state index is 12.1. The van der Waals surface area contributed by atoms with Gasteiger partial charge >= 0.3 is 0 Å². The summed E-state index contributed by atoms with van der Waals surface area (Å²) in [6.45, 7) is 1.38. The Labute approximate surface area is 108 Å².